The molecular formula is C30H50O2. The van der Waals surface area contributed by atoms with Gasteiger partial charge in [-0.05, 0) is 114 Å². The van der Waals surface area contributed by atoms with Gasteiger partial charge in [-0.1, -0.05) is 60.6 Å². The Morgan fingerprint density at radius 3 is 2.12 bits per heavy atom. The summed E-state index contributed by atoms with van der Waals surface area (Å²) in [6.45, 7) is 21.8. The molecule has 5 rings (SSSR count). The first-order valence-corrected chi connectivity index (χ1v) is 13.8. The predicted molar refractivity (Wildman–Crippen MR) is 132 cm³/mol. The van der Waals surface area contributed by atoms with E-state index in [-0.39, 0.29) is 33.9 Å². The lowest BCUT2D eigenvalue weighted by Crippen LogP contribution is -2.69. The van der Waals surface area contributed by atoms with E-state index in [1.54, 1.807) is 0 Å². The van der Waals surface area contributed by atoms with Crippen LogP contribution in [0.3, 0.4) is 0 Å². The van der Waals surface area contributed by atoms with E-state index in [1.165, 1.54) is 37.7 Å². The molecular weight excluding hydrogens is 392 g/mol. The molecule has 2 heteroatoms. The molecule has 5 saturated carbocycles. The normalized spacial score (nSPS) is 59.4. The van der Waals surface area contributed by atoms with Crippen LogP contribution in [0.1, 0.15) is 106 Å². The van der Waals surface area contributed by atoms with E-state index < -0.39 is 0 Å². The van der Waals surface area contributed by atoms with Gasteiger partial charge in [-0.15, -0.1) is 0 Å². The Morgan fingerprint density at radius 2 is 1.44 bits per heavy atom. The molecule has 11 atom stereocenters. The number of aliphatic hydroxyl groups excluding tert-OH is 2. The van der Waals surface area contributed by atoms with Crippen molar-refractivity contribution in [1.29, 1.82) is 0 Å². The zero-order chi connectivity index (χ0) is 23.5. The number of rotatable bonds is 0. The van der Waals surface area contributed by atoms with E-state index in [0.717, 1.165) is 25.7 Å². The van der Waals surface area contributed by atoms with Gasteiger partial charge in [0.25, 0.3) is 0 Å². The van der Waals surface area contributed by atoms with Crippen LogP contribution in [-0.2, 0) is 0 Å². The van der Waals surface area contributed by atoms with Gasteiger partial charge in [-0.3, -0.25) is 0 Å². The summed E-state index contributed by atoms with van der Waals surface area (Å²) in [6.07, 6.45) is 10.1. The van der Waals surface area contributed by atoms with E-state index in [1.807, 2.05) is 0 Å². The van der Waals surface area contributed by atoms with Crippen LogP contribution in [0.25, 0.3) is 0 Å². The van der Waals surface area contributed by atoms with Gasteiger partial charge in [-0.2, -0.15) is 0 Å². The number of aliphatic hydroxyl groups is 2. The SMILES string of the molecule is C=C1CC[C@@]2(C)[C@H]([C@@H]1C)[C@H]1CC[C@@H]3[C@@]4(C)CC[C@H](O)C(C)(C)[C@@H]4CC[C@@]3(C)[C@]1(C)C[C@@H]2O. The molecule has 2 N–H and O–H groups in total. The van der Waals surface area contributed by atoms with Gasteiger partial charge in [0.1, 0.15) is 0 Å². The van der Waals surface area contributed by atoms with Gasteiger partial charge in [0.15, 0.2) is 0 Å². The van der Waals surface area contributed by atoms with Crippen molar-refractivity contribution in [2.45, 2.75) is 118 Å². The average Bonchev–Trinajstić information content (AvgIpc) is 2.70. The highest BCUT2D eigenvalue weighted by molar-refractivity contribution is 5.22. The standard InChI is InChI=1S/C30H50O2/c1-18-11-14-28(6)24(32)17-30(8)20(25(28)19(18)2)9-10-22-27(5)15-13-23(31)26(3,4)21(27)12-16-29(22,30)7/h19-25,31-32H,1,9-17H2,2-8H3/t19-,20-,21+,22-,23+,24+,25-,27+,28-,29-,30-/m1/s1. The Morgan fingerprint density at radius 1 is 0.750 bits per heavy atom. The van der Waals surface area contributed by atoms with Crippen molar-refractivity contribution in [3.63, 3.8) is 0 Å². The molecule has 32 heavy (non-hydrogen) atoms. The van der Waals surface area contributed by atoms with E-state index in [4.69, 9.17) is 0 Å². The van der Waals surface area contributed by atoms with Gasteiger partial charge in [0, 0.05) is 0 Å². The topological polar surface area (TPSA) is 40.5 Å². The fraction of sp³-hybridized carbons (Fsp3) is 0.933. The summed E-state index contributed by atoms with van der Waals surface area (Å²) < 4.78 is 0. The number of allylic oxidation sites excluding steroid dienone is 1. The Bertz CT molecular complexity index is 801. The Kier molecular flexibility index (Phi) is 5.02. The lowest BCUT2D eigenvalue weighted by molar-refractivity contribution is -0.269. The van der Waals surface area contributed by atoms with Crippen molar-refractivity contribution >= 4 is 0 Å². The number of hydrogen-bond acceptors (Lipinski definition) is 2. The van der Waals surface area contributed by atoms with Gasteiger partial charge in [0.2, 0.25) is 0 Å². The van der Waals surface area contributed by atoms with Crippen LogP contribution in [0.4, 0.5) is 0 Å². The van der Waals surface area contributed by atoms with Crippen molar-refractivity contribution in [1.82, 2.24) is 0 Å². The van der Waals surface area contributed by atoms with Crippen molar-refractivity contribution in [2.75, 3.05) is 0 Å². The molecule has 0 bridgehead atoms. The minimum absolute atomic E-state index is 0.00631. The zero-order valence-electron chi connectivity index (χ0n) is 22.0. The lowest BCUT2D eigenvalue weighted by Gasteiger charge is -2.74. The van der Waals surface area contributed by atoms with E-state index in [0.29, 0.717) is 35.0 Å². The van der Waals surface area contributed by atoms with Crippen molar-refractivity contribution in [3.8, 4) is 0 Å². The van der Waals surface area contributed by atoms with Crippen LogP contribution in [0.2, 0.25) is 0 Å². The first-order valence-electron chi connectivity index (χ1n) is 13.8. The van der Waals surface area contributed by atoms with Gasteiger partial charge < -0.3 is 10.2 Å². The highest BCUT2D eigenvalue weighted by Gasteiger charge is 2.71. The molecule has 0 aromatic heterocycles. The first-order chi connectivity index (χ1) is 14.7. The lowest BCUT2D eigenvalue weighted by atomic mass is 9.31. The first kappa shape index (κ1) is 23.4. The molecule has 0 spiro atoms. The maximum absolute atomic E-state index is 11.7. The molecule has 0 saturated heterocycles. The summed E-state index contributed by atoms with van der Waals surface area (Å²) in [4.78, 5) is 0. The third kappa shape index (κ3) is 2.61. The van der Waals surface area contributed by atoms with Crippen LogP contribution in [0.15, 0.2) is 12.2 Å². The predicted octanol–water partition coefficient (Wildman–Crippen LogP) is 7.00. The fourth-order valence-corrected chi connectivity index (χ4v) is 11.4. The summed E-state index contributed by atoms with van der Waals surface area (Å²) in [5.74, 6) is 3.06. The van der Waals surface area contributed by atoms with Crippen LogP contribution in [0.5, 0.6) is 0 Å². The fourth-order valence-electron chi connectivity index (χ4n) is 11.4. The molecule has 5 aliphatic rings. The molecule has 0 unspecified atom stereocenters. The van der Waals surface area contributed by atoms with Gasteiger partial charge >= 0.3 is 0 Å². The second-order valence-electron chi connectivity index (χ2n) is 14.7. The van der Waals surface area contributed by atoms with Crippen molar-refractivity contribution < 1.29 is 10.2 Å². The molecule has 0 heterocycles. The summed E-state index contributed by atoms with van der Waals surface area (Å²) >= 11 is 0. The van der Waals surface area contributed by atoms with Crippen molar-refractivity contribution in [2.24, 2.45) is 56.7 Å². The molecule has 0 amide bonds. The second kappa shape index (κ2) is 6.87. The average molecular weight is 443 g/mol. The van der Waals surface area contributed by atoms with Gasteiger partial charge in [-0.25, -0.2) is 0 Å². The van der Waals surface area contributed by atoms with Gasteiger partial charge in [0.05, 0.1) is 12.2 Å². The number of fused-ring (bicyclic) bond motifs is 7. The largest absolute Gasteiger partial charge is 0.393 e. The molecule has 182 valence electrons. The molecule has 0 radical (unpaired) electrons. The minimum Gasteiger partial charge on any atom is -0.393 e. The Balaban J connectivity index is 1.57. The Labute approximate surface area is 197 Å². The van der Waals surface area contributed by atoms with Crippen LogP contribution >= 0.6 is 0 Å². The number of hydrogen-bond donors (Lipinski definition) is 2. The van der Waals surface area contributed by atoms with E-state index >= 15 is 0 Å². The highest BCUT2D eigenvalue weighted by Crippen LogP contribution is 2.76. The smallest absolute Gasteiger partial charge is 0.0602 e. The molecule has 0 aromatic carbocycles. The second-order valence-corrected chi connectivity index (χ2v) is 14.7. The van der Waals surface area contributed by atoms with Crippen LogP contribution in [-0.4, -0.2) is 22.4 Å². The minimum atomic E-state index is -0.199. The molecule has 0 aliphatic heterocycles. The molecule has 5 fully saturated rings. The maximum atomic E-state index is 11.7. The maximum Gasteiger partial charge on any atom is 0.0602 e. The van der Waals surface area contributed by atoms with E-state index in [9.17, 15) is 10.2 Å². The summed E-state index contributed by atoms with van der Waals surface area (Å²) in [5, 5.41) is 22.6. The highest BCUT2D eigenvalue weighted by atomic mass is 16.3. The van der Waals surface area contributed by atoms with Crippen LogP contribution < -0.4 is 0 Å². The summed E-state index contributed by atoms with van der Waals surface area (Å²) in [6, 6.07) is 0. The third-order valence-corrected chi connectivity index (χ3v) is 13.7. The van der Waals surface area contributed by atoms with Crippen LogP contribution in [0, 0.1) is 56.7 Å². The zero-order valence-corrected chi connectivity index (χ0v) is 22.0. The van der Waals surface area contributed by atoms with Crippen molar-refractivity contribution in [3.05, 3.63) is 12.2 Å². The summed E-state index contributed by atoms with van der Waals surface area (Å²) in [7, 11) is 0. The summed E-state index contributed by atoms with van der Waals surface area (Å²) in [5.41, 5.74) is 2.23. The molecule has 5 aliphatic carbocycles. The molecule has 2 nitrogen and oxygen atoms in total. The molecule has 0 aromatic rings. The Hall–Kier alpha value is -0.340. The quantitative estimate of drug-likeness (QED) is 0.397. The monoisotopic (exact) mass is 442 g/mol. The van der Waals surface area contributed by atoms with E-state index in [2.05, 4.69) is 55.0 Å². The third-order valence-electron chi connectivity index (χ3n) is 13.7.